The first-order valence-electron chi connectivity index (χ1n) is 15.7. The van der Waals surface area contributed by atoms with Crippen LogP contribution in [0.15, 0.2) is 53.1 Å². The number of carbonyl (C=O) groups excluding carboxylic acids is 1. The standard InChI is InChI=1S/C34H54O6SSi/c1-7-16-32(38)39-30-25-29(40-42(5,6)34(2,3)4)28(33(30)41-24-15-9-12-21-31(36)37)23-22-27(35)20-14-13-19-26-17-10-8-11-18-26/h8,10-11,17-18,22-23,27-29,35H,7,9,12-16,19-21,24-25H2,1-6H3,(H,36,37)/b23-22+/t27?,28-,29+/m0/s1. The van der Waals surface area contributed by atoms with Crippen LogP contribution in [0.2, 0.25) is 18.1 Å². The number of unbranched alkanes of at least 4 members (excludes halogenated alkanes) is 3. The van der Waals surface area contributed by atoms with Gasteiger partial charge in [-0.1, -0.05) is 83.0 Å². The molecule has 0 fully saturated rings. The minimum atomic E-state index is -2.13. The summed E-state index contributed by atoms with van der Waals surface area (Å²) in [5, 5.41) is 19.8. The minimum Gasteiger partial charge on any atom is -0.481 e. The Morgan fingerprint density at radius 2 is 1.79 bits per heavy atom. The molecule has 0 radical (unpaired) electrons. The van der Waals surface area contributed by atoms with Crippen LogP contribution in [0.1, 0.15) is 97.5 Å². The van der Waals surface area contributed by atoms with Crippen molar-refractivity contribution in [1.82, 2.24) is 0 Å². The highest BCUT2D eigenvalue weighted by Crippen LogP contribution is 2.46. The van der Waals surface area contributed by atoms with Crippen molar-refractivity contribution in [2.45, 2.75) is 129 Å². The van der Waals surface area contributed by atoms with Crippen molar-refractivity contribution < 1.29 is 29.0 Å². The van der Waals surface area contributed by atoms with E-state index in [9.17, 15) is 14.7 Å². The maximum Gasteiger partial charge on any atom is 0.310 e. The Balaban J connectivity index is 2.18. The van der Waals surface area contributed by atoms with Gasteiger partial charge in [0, 0.05) is 30.1 Å². The summed E-state index contributed by atoms with van der Waals surface area (Å²) in [6.07, 6.45) is 11.1. The quantitative estimate of drug-likeness (QED) is 0.0693. The molecule has 0 aromatic heterocycles. The molecule has 1 aliphatic carbocycles. The zero-order chi connectivity index (χ0) is 31.2. The number of thioether (sulfide) groups is 1. The molecule has 0 heterocycles. The summed E-state index contributed by atoms with van der Waals surface area (Å²) in [6, 6.07) is 10.4. The van der Waals surface area contributed by atoms with Crippen LogP contribution in [0.25, 0.3) is 0 Å². The molecule has 2 N–H and O–H groups in total. The number of carboxylic acids is 1. The van der Waals surface area contributed by atoms with Gasteiger partial charge in [-0.3, -0.25) is 9.59 Å². The lowest BCUT2D eigenvalue weighted by Crippen LogP contribution is -2.45. The summed E-state index contributed by atoms with van der Waals surface area (Å²) in [6.45, 7) is 13.1. The van der Waals surface area contributed by atoms with E-state index in [4.69, 9.17) is 14.3 Å². The highest BCUT2D eigenvalue weighted by Gasteiger charge is 2.44. The molecule has 236 valence electrons. The van der Waals surface area contributed by atoms with Gasteiger partial charge in [-0.25, -0.2) is 0 Å². The lowest BCUT2D eigenvalue weighted by molar-refractivity contribution is -0.140. The predicted octanol–water partition coefficient (Wildman–Crippen LogP) is 8.66. The number of aryl methyl sites for hydroxylation is 1. The topological polar surface area (TPSA) is 93.1 Å². The number of aliphatic hydroxyl groups excluding tert-OH is 1. The number of carboxylic acid groups (broad SMARTS) is 1. The Bertz CT molecular complexity index is 1030. The minimum absolute atomic E-state index is 0.0264. The molecule has 0 spiro atoms. The zero-order valence-corrected chi connectivity index (χ0v) is 28.5. The first-order chi connectivity index (χ1) is 19.8. The maximum atomic E-state index is 12.6. The zero-order valence-electron chi connectivity index (χ0n) is 26.7. The van der Waals surface area contributed by atoms with Gasteiger partial charge in [0.1, 0.15) is 5.76 Å². The summed E-state index contributed by atoms with van der Waals surface area (Å²) in [5.74, 6) is 0.413. The van der Waals surface area contributed by atoms with Crippen molar-refractivity contribution >= 4 is 32.0 Å². The third-order valence-electron chi connectivity index (χ3n) is 8.20. The van der Waals surface area contributed by atoms with Crippen LogP contribution in [-0.2, 0) is 25.2 Å². The number of hydrogen-bond donors (Lipinski definition) is 2. The van der Waals surface area contributed by atoms with Crippen LogP contribution in [0.3, 0.4) is 0 Å². The van der Waals surface area contributed by atoms with Gasteiger partial charge in [-0.2, -0.15) is 0 Å². The monoisotopic (exact) mass is 618 g/mol. The van der Waals surface area contributed by atoms with Crippen molar-refractivity contribution in [1.29, 1.82) is 0 Å². The third kappa shape index (κ3) is 12.8. The molecule has 1 unspecified atom stereocenters. The molecule has 0 saturated carbocycles. The third-order valence-corrected chi connectivity index (χ3v) is 14.0. The fourth-order valence-electron chi connectivity index (χ4n) is 4.72. The number of esters is 1. The second-order valence-electron chi connectivity index (χ2n) is 12.9. The molecular weight excluding hydrogens is 565 g/mol. The smallest absolute Gasteiger partial charge is 0.310 e. The van der Waals surface area contributed by atoms with Crippen molar-refractivity contribution in [2.75, 3.05) is 5.75 Å². The number of ether oxygens (including phenoxy) is 1. The van der Waals surface area contributed by atoms with Crippen LogP contribution >= 0.6 is 11.8 Å². The lowest BCUT2D eigenvalue weighted by atomic mass is 10.0. The molecule has 1 aromatic rings. The van der Waals surface area contributed by atoms with Gasteiger partial charge < -0.3 is 19.4 Å². The van der Waals surface area contributed by atoms with E-state index in [-0.39, 0.29) is 29.5 Å². The van der Waals surface area contributed by atoms with Gasteiger partial charge in [-0.15, -0.1) is 11.8 Å². The summed E-state index contributed by atoms with van der Waals surface area (Å²) in [7, 11) is -2.13. The SMILES string of the molecule is CCCC(=O)OC1=C(SCCCCCC(=O)O)[C@@H](/C=C/C(O)CCCCc2ccccc2)[C@H](O[Si](C)(C)C(C)(C)C)C1. The van der Waals surface area contributed by atoms with Gasteiger partial charge in [0.15, 0.2) is 8.32 Å². The van der Waals surface area contributed by atoms with Gasteiger partial charge in [0.25, 0.3) is 0 Å². The van der Waals surface area contributed by atoms with Crippen LogP contribution in [0.4, 0.5) is 0 Å². The molecule has 1 aliphatic rings. The van der Waals surface area contributed by atoms with Crippen LogP contribution in [0.5, 0.6) is 0 Å². The van der Waals surface area contributed by atoms with E-state index in [1.54, 1.807) is 11.8 Å². The predicted molar refractivity (Wildman–Crippen MR) is 176 cm³/mol. The van der Waals surface area contributed by atoms with E-state index in [0.717, 1.165) is 49.2 Å². The number of aliphatic hydroxyl groups is 1. The van der Waals surface area contributed by atoms with Gasteiger partial charge in [0.05, 0.1) is 12.2 Å². The van der Waals surface area contributed by atoms with Crippen molar-refractivity contribution in [2.24, 2.45) is 5.92 Å². The van der Waals surface area contributed by atoms with Crippen LogP contribution in [-0.4, -0.2) is 48.4 Å². The van der Waals surface area contributed by atoms with Gasteiger partial charge in [0.2, 0.25) is 0 Å². The number of rotatable bonds is 19. The van der Waals surface area contributed by atoms with Crippen molar-refractivity contribution in [3.05, 3.63) is 58.7 Å². The Hall–Kier alpha value is -1.87. The number of carbonyl (C=O) groups is 2. The van der Waals surface area contributed by atoms with Crippen molar-refractivity contribution in [3.63, 3.8) is 0 Å². The van der Waals surface area contributed by atoms with Crippen LogP contribution < -0.4 is 0 Å². The molecule has 6 nitrogen and oxygen atoms in total. The fourth-order valence-corrected chi connectivity index (χ4v) is 7.33. The molecule has 2 rings (SSSR count). The van der Waals surface area contributed by atoms with Crippen molar-refractivity contribution in [3.8, 4) is 0 Å². The first kappa shape index (κ1) is 36.3. The van der Waals surface area contributed by atoms with E-state index in [2.05, 4.69) is 64.2 Å². The Morgan fingerprint density at radius 1 is 1.07 bits per heavy atom. The maximum absolute atomic E-state index is 12.6. The molecule has 0 amide bonds. The Labute approximate surface area is 259 Å². The molecule has 0 saturated heterocycles. The Kier molecular flexibility index (Phi) is 15.6. The molecular formula is C34H54O6SSi. The van der Waals surface area contributed by atoms with Gasteiger partial charge >= 0.3 is 11.9 Å². The van der Waals surface area contributed by atoms with Crippen LogP contribution in [0, 0.1) is 5.92 Å². The largest absolute Gasteiger partial charge is 0.481 e. The highest BCUT2D eigenvalue weighted by atomic mass is 32.2. The molecule has 8 heteroatoms. The average Bonchev–Trinajstić information content (AvgIpc) is 3.21. The van der Waals surface area contributed by atoms with E-state index < -0.39 is 20.4 Å². The molecule has 3 atom stereocenters. The average molecular weight is 619 g/mol. The van der Waals surface area contributed by atoms with E-state index in [1.165, 1.54) is 5.56 Å². The van der Waals surface area contributed by atoms with Gasteiger partial charge in [-0.05, 0) is 68.0 Å². The Morgan fingerprint density at radius 3 is 2.43 bits per heavy atom. The van der Waals surface area contributed by atoms with E-state index in [1.807, 2.05) is 19.1 Å². The second kappa shape index (κ2) is 18.1. The lowest BCUT2D eigenvalue weighted by Gasteiger charge is -2.39. The fraction of sp³-hybridized carbons (Fsp3) is 0.647. The number of hydrogen-bond acceptors (Lipinski definition) is 6. The second-order valence-corrected chi connectivity index (χ2v) is 18.8. The highest BCUT2D eigenvalue weighted by molar-refractivity contribution is 8.03. The summed E-state index contributed by atoms with van der Waals surface area (Å²) < 4.78 is 12.9. The summed E-state index contributed by atoms with van der Waals surface area (Å²) >= 11 is 1.68. The number of benzene rings is 1. The normalized spacial score (nSPS) is 18.5. The molecule has 0 aliphatic heterocycles. The molecule has 1 aromatic carbocycles. The van der Waals surface area contributed by atoms with E-state index >= 15 is 0 Å². The molecule has 0 bridgehead atoms. The summed E-state index contributed by atoms with van der Waals surface area (Å²) in [5.41, 5.74) is 1.32. The van der Waals surface area contributed by atoms with E-state index in [0.29, 0.717) is 31.4 Å². The number of aliphatic carboxylic acids is 1. The first-order valence-corrected chi connectivity index (χ1v) is 19.6. The molecule has 42 heavy (non-hydrogen) atoms. The summed E-state index contributed by atoms with van der Waals surface area (Å²) in [4.78, 5) is 24.5.